The Bertz CT molecular complexity index is 1100. The van der Waals surface area contributed by atoms with Gasteiger partial charge in [0, 0.05) is 12.5 Å². The minimum Gasteiger partial charge on any atom is -0.448 e. The number of esters is 1. The lowest BCUT2D eigenvalue weighted by Crippen LogP contribution is -2.65. The summed E-state index contributed by atoms with van der Waals surface area (Å²) in [7, 11) is 0. The number of carbonyl (C=O) groups excluding carboxylic acids is 3. The zero-order chi connectivity index (χ0) is 25.9. The van der Waals surface area contributed by atoms with Crippen molar-refractivity contribution >= 4 is 29.8 Å². The van der Waals surface area contributed by atoms with E-state index < -0.39 is 29.3 Å². The van der Waals surface area contributed by atoms with Crippen LogP contribution >= 0.6 is 11.6 Å². The number of nitrogens with one attached hydrogen (secondary N) is 1. The first-order chi connectivity index (χ1) is 17.1. The van der Waals surface area contributed by atoms with Crippen LogP contribution < -0.4 is 5.32 Å². The molecule has 0 saturated carbocycles. The zero-order valence-electron chi connectivity index (χ0n) is 20.7. The number of alkyl carbamates (subject to hydrolysis) is 1. The van der Waals surface area contributed by atoms with E-state index >= 15 is 0 Å². The number of piperidine rings is 1. The molecule has 1 heterocycles. The van der Waals surface area contributed by atoms with Crippen molar-refractivity contribution in [3.8, 4) is 11.1 Å². The molecule has 1 fully saturated rings. The molecule has 2 amide bonds. The van der Waals surface area contributed by atoms with Gasteiger partial charge in [-0.05, 0) is 55.9 Å². The van der Waals surface area contributed by atoms with Crippen LogP contribution in [0.15, 0.2) is 48.5 Å². The first-order valence-electron chi connectivity index (χ1n) is 12.0. The molecule has 0 radical (unpaired) electrons. The van der Waals surface area contributed by atoms with Gasteiger partial charge in [-0.25, -0.2) is 14.4 Å². The molecule has 1 N–H and O–H groups in total. The molecule has 9 heteroatoms. The van der Waals surface area contributed by atoms with Gasteiger partial charge in [-0.2, -0.15) is 0 Å². The van der Waals surface area contributed by atoms with Crippen molar-refractivity contribution in [3.63, 3.8) is 0 Å². The van der Waals surface area contributed by atoms with Crippen LogP contribution in [0.3, 0.4) is 0 Å². The highest BCUT2D eigenvalue weighted by molar-refractivity contribution is 6.17. The molecule has 2 aliphatic rings. The van der Waals surface area contributed by atoms with Gasteiger partial charge in [0.05, 0.1) is 6.54 Å². The predicted octanol–water partition coefficient (Wildman–Crippen LogP) is 5.03. The maximum absolute atomic E-state index is 13.1. The summed E-state index contributed by atoms with van der Waals surface area (Å²) in [4.78, 5) is 40.0. The second-order valence-electron chi connectivity index (χ2n) is 10.1. The van der Waals surface area contributed by atoms with Crippen molar-refractivity contribution in [3.05, 3.63) is 59.7 Å². The van der Waals surface area contributed by atoms with E-state index in [2.05, 4.69) is 17.4 Å². The molecule has 1 atom stereocenters. The Morgan fingerprint density at radius 3 is 2.22 bits per heavy atom. The van der Waals surface area contributed by atoms with Gasteiger partial charge in [0.1, 0.15) is 12.2 Å². The number of rotatable bonds is 5. The normalized spacial score (nSPS) is 19.2. The third-order valence-electron chi connectivity index (χ3n) is 6.40. The van der Waals surface area contributed by atoms with E-state index in [9.17, 15) is 14.4 Å². The van der Waals surface area contributed by atoms with E-state index in [-0.39, 0.29) is 31.6 Å². The number of nitrogens with zero attached hydrogens (tertiary/aromatic N) is 1. The van der Waals surface area contributed by atoms with E-state index in [0.29, 0.717) is 13.0 Å². The van der Waals surface area contributed by atoms with E-state index in [4.69, 9.17) is 25.8 Å². The monoisotopic (exact) mass is 514 g/mol. The van der Waals surface area contributed by atoms with Crippen molar-refractivity contribution in [1.29, 1.82) is 0 Å². The van der Waals surface area contributed by atoms with Gasteiger partial charge >= 0.3 is 18.2 Å². The number of ether oxygens (including phenoxy) is 3. The Labute approximate surface area is 215 Å². The Hall–Kier alpha value is -3.26. The van der Waals surface area contributed by atoms with Crippen molar-refractivity contribution in [1.82, 2.24) is 10.2 Å². The largest absolute Gasteiger partial charge is 0.448 e. The third kappa shape index (κ3) is 5.43. The van der Waals surface area contributed by atoms with Crippen LogP contribution in [0.5, 0.6) is 0 Å². The van der Waals surface area contributed by atoms with Crippen LogP contribution in [0, 0.1) is 0 Å². The molecule has 1 aliphatic carbocycles. The first-order valence-corrected chi connectivity index (χ1v) is 12.5. The third-order valence-corrected chi connectivity index (χ3v) is 6.51. The van der Waals surface area contributed by atoms with Crippen LogP contribution in [0.25, 0.3) is 11.1 Å². The molecule has 0 bridgehead atoms. The van der Waals surface area contributed by atoms with E-state index in [1.54, 1.807) is 20.8 Å². The van der Waals surface area contributed by atoms with Gasteiger partial charge in [0.25, 0.3) is 0 Å². The summed E-state index contributed by atoms with van der Waals surface area (Å²) in [5.41, 5.74) is 2.24. The summed E-state index contributed by atoms with van der Waals surface area (Å²) in [6, 6.07) is 15.8. The molecule has 0 spiro atoms. The Kier molecular flexibility index (Phi) is 7.45. The van der Waals surface area contributed by atoms with Crippen LogP contribution in [0.4, 0.5) is 9.59 Å². The minimum absolute atomic E-state index is 0.0861. The molecule has 2 aromatic rings. The average molecular weight is 515 g/mol. The number of carbonyl (C=O) groups is 3. The molecule has 192 valence electrons. The second-order valence-corrected chi connectivity index (χ2v) is 10.3. The summed E-state index contributed by atoms with van der Waals surface area (Å²) in [6.07, 6.45) is -0.610. The molecule has 1 saturated heterocycles. The number of hydrogen-bond donors (Lipinski definition) is 1. The maximum atomic E-state index is 13.1. The lowest BCUT2D eigenvalue weighted by atomic mass is 9.89. The van der Waals surface area contributed by atoms with Gasteiger partial charge in [-0.15, -0.1) is 0 Å². The number of likely N-dealkylation sites (tertiary alicyclic amines) is 1. The quantitative estimate of drug-likeness (QED) is 0.341. The minimum atomic E-state index is -1.49. The van der Waals surface area contributed by atoms with Crippen molar-refractivity contribution in [2.24, 2.45) is 0 Å². The number of benzene rings is 2. The second kappa shape index (κ2) is 10.4. The molecule has 1 unspecified atom stereocenters. The molecule has 4 rings (SSSR count). The van der Waals surface area contributed by atoms with Gasteiger partial charge < -0.3 is 24.4 Å². The van der Waals surface area contributed by atoms with Crippen LogP contribution in [-0.2, 0) is 19.0 Å². The summed E-state index contributed by atoms with van der Waals surface area (Å²) >= 11 is 5.63. The Balaban J connectivity index is 1.48. The van der Waals surface area contributed by atoms with Gasteiger partial charge in [0.2, 0.25) is 0 Å². The molecule has 36 heavy (non-hydrogen) atoms. The summed E-state index contributed by atoms with van der Waals surface area (Å²) < 4.78 is 16.1. The Morgan fingerprint density at radius 1 is 1.03 bits per heavy atom. The van der Waals surface area contributed by atoms with Crippen LogP contribution in [0.1, 0.15) is 50.7 Å². The van der Waals surface area contributed by atoms with Crippen LogP contribution in [-0.4, -0.2) is 60.0 Å². The Morgan fingerprint density at radius 2 is 1.64 bits per heavy atom. The highest BCUT2D eigenvalue weighted by Gasteiger charge is 2.47. The van der Waals surface area contributed by atoms with E-state index in [1.165, 1.54) is 4.90 Å². The molecule has 2 aromatic carbocycles. The molecule has 1 aliphatic heterocycles. The molecule has 0 aromatic heterocycles. The van der Waals surface area contributed by atoms with E-state index in [1.807, 2.05) is 36.4 Å². The van der Waals surface area contributed by atoms with Gasteiger partial charge in [0.15, 0.2) is 11.6 Å². The number of amides is 2. The number of fused-ring (bicyclic) bond motifs is 3. The smallest absolute Gasteiger partial charge is 0.409 e. The summed E-state index contributed by atoms with van der Waals surface area (Å²) in [5, 5.41) is 2.64. The van der Waals surface area contributed by atoms with Crippen molar-refractivity contribution in [2.45, 2.75) is 50.7 Å². The lowest BCUT2D eigenvalue weighted by Gasteiger charge is -2.40. The van der Waals surface area contributed by atoms with Crippen molar-refractivity contribution < 1.29 is 28.6 Å². The highest BCUT2D eigenvalue weighted by atomic mass is 35.5. The van der Waals surface area contributed by atoms with Crippen LogP contribution in [0.2, 0.25) is 0 Å². The number of halogens is 1. The van der Waals surface area contributed by atoms with Crippen molar-refractivity contribution in [2.75, 3.05) is 25.8 Å². The lowest BCUT2D eigenvalue weighted by molar-refractivity contribution is -0.151. The number of hydrogen-bond acceptors (Lipinski definition) is 6. The average Bonchev–Trinajstić information content (AvgIpc) is 3.15. The summed E-state index contributed by atoms with van der Waals surface area (Å²) in [5.74, 6) is -0.809. The zero-order valence-corrected chi connectivity index (χ0v) is 21.5. The molecular formula is C27H31ClN2O6. The standard InChI is InChI=1S/C27H31ClN2O6/c1-26(2,3)36-24(32)29-27(23(31)35-17-28)13-8-14-30(16-27)25(33)34-15-22-20-11-6-4-9-18(20)19-10-5-7-12-21(19)22/h4-7,9-12,22H,8,13-17H2,1-3H3,(H,29,32). The highest BCUT2D eigenvalue weighted by Crippen LogP contribution is 2.44. The first kappa shape index (κ1) is 25.8. The van der Waals surface area contributed by atoms with Gasteiger partial charge in [-0.1, -0.05) is 60.1 Å². The van der Waals surface area contributed by atoms with E-state index in [0.717, 1.165) is 22.3 Å². The summed E-state index contributed by atoms with van der Waals surface area (Å²) in [6.45, 7) is 5.59. The SMILES string of the molecule is CC(C)(C)OC(=O)NC1(C(=O)OCCl)CCCN(C(=O)OCC2c3ccccc3-c3ccccc32)C1. The fourth-order valence-corrected chi connectivity index (χ4v) is 5.00. The topological polar surface area (TPSA) is 94.2 Å². The molecule has 8 nitrogen and oxygen atoms in total. The number of alkyl halides is 1. The predicted molar refractivity (Wildman–Crippen MR) is 135 cm³/mol. The fraction of sp³-hybridized carbons (Fsp3) is 0.444. The molecular weight excluding hydrogens is 484 g/mol. The fourth-order valence-electron chi connectivity index (χ4n) is 4.90. The van der Waals surface area contributed by atoms with Gasteiger partial charge in [-0.3, -0.25) is 0 Å². The maximum Gasteiger partial charge on any atom is 0.409 e.